The zero-order valence-electron chi connectivity index (χ0n) is 11.5. The molecule has 0 aromatic heterocycles. The van der Waals surface area contributed by atoms with Gasteiger partial charge in [0.25, 0.3) is 0 Å². The summed E-state index contributed by atoms with van der Waals surface area (Å²) >= 11 is 0. The molecule has 17 heavy (non-hydrogen) atoms. The molecule has 0 aromatic rings. The molecule has 0 fully saturated rings. The summed E-state index contributed by atoms with van der Waals surface area (Å²) in [6.45, 7) is 7.65. The van der Waals surface area contributed by atoms with Crippen LogP contribution in [0.3, 0.4) is 0 Å². The minimum Gasteiger partial charge on any atom is -0.389 e. The average Bonchev–Trinajstić information content (AvgIpc) is 2.26. The van der Waals surface area contributed by atoms with Crippen molar-refractivity contribution in [2.75, 3.05) is 26.8 Å². The van der Waals surface area contributed by atoms with Crippen molar-refractivity contribution >= 4 is 0 Å². The third-order valence-corrected chi connectivity index (χ3v) is 2.81. The largest absolute Gasteiger partial charge is 0.389 e. The Labute approximate surface area is 105 Å². The molecular weight excluding hydrogens is 216 g/mol. The molecule has 1 atom stereocenters. The Morgan fingerprint density at radius 1 is 1.29 bits per heavy atom. The first-order chi connectivity index (χ1) is 7.83. The predicted octanol–water partition coefficient (Wildman–Crippen LogP) is 1.69. The fourth-order valence-electron chi connectivity index (χ4n) is 1.48. The smallest absolute Gasteiger partial charge is 0.0765 e. The highest BCUT2D eigenvalue weighted by atomic mass is 16.5. The van der Waals surface area contributed by atoms with Gasteiger partial charge in [0, 0.05) is 26.7 Å². The summed E-state index contributed by atoms with van der Waals surface area (Å²) in [6.07, 6.45) is 2.44. The molecule has 4 heteroatoms. The molecule has 0 heterocycles. The van der Waals surface area contributed by atoms with Gasteiger partial charge in [0.15, 0.2) is 0 Å². The van der Waals surface area contributed by atoms with Gasteiger partial charge in [0.1, 0.15) is 0 Å². The number of ether oxygens (including phenoxy) is 1. The molecule has 0 aliphatic rings. The van der Waals surface area contributed by atoms with Crippen LogP contribution >= 0.6 is 0 Å². The van der Waals surface area contributed by atoms with E-state index in [9.17, 15) is 5.11 Å². The summed E-state index contributed by atoms with van der Waals surface area (Å²) in [5.41, 5.74) is -0.971. The molecule has 0 aliphatic heterocycles. The summed E-state index contributed by atoms with van der Waals surface area (Å²) in [7, 11) is 1.63. The zero-order chi connectivity index (χ0) is 13.4. The molecule has 100 valence electrons. The maximum absolute atomic E-state index is 9.96. The fourth-order valence-corrected chi connectivity index (χ4v) is 1.48. The lowest BCUT2D eigenvalue weighted by Crippen LogP contribution is -2.39. The Kier molecular flexibility index (Phi) is 7.37. The third kappa shape index (κ3) is 9.11. The number of hydrogen-bond acceptors (Lipinski definition) is 4. The molecule has 0 aromatic carbocycles. The van der Waals surface area contributed by atoms with Gasteiger partial charge in [-0.1, -0.05) is 0 Å². The van der Waals surface area contributed by atoms with E-state index in [1.54, 1.807) is 14.0 Å². The second-order valence-electron chi connectivity index (χ2n) is 5.52. The summed E-state index contributed by atoms with van der Waals surface area (Å²) in [5.74, 6) is 0. The van der Waals surface area contributed by atoms with E-state index >= 15 is 0 Å². The second-order valence-corrected chi connectivity index (χ2v) is 5.52. The van der Waals surface area contributed by atoms with Gasteiger partial charge in [-0.15, -0.1) is 0 Å². The van der Waals surface area contributed by atoms with Gasteiger partial charge in [-0.05, 0) is 40.2 Å². The minimum atomic E-state index is -0.721. The van der Waals surface area contributed by atoms with Crippen molar-refractivity contribution < 1.29 is 9.84 Å². The van der Waals surface area contributed by atoms with Crippen LogP contribution in [0.15, 0.2) is 0 Å². The van der Waals surface area contributed by atoms with Gasteiger partial charge in [0.2, 0.25) is 0 Å². The molecule has 0 radical (unpaired) electrons. The van der Waals surface area contributed by atoms with Crippen LogP contribution in [0.1, 0.15) is 40.0 Å². The molecule has 0 saturated carbocycles. The number of hydrogen-bond donors (Lipinski definition) is 2. The Morgan fingerprint density at radius 3 is 2.47 bits per heavy atom. The van der Waals surface area contributed by atoms with E-state index in [0.29, 0.717) is 19.6 Å². The Hall–Kier alpha value is -0.630. The Bertz CT molecular complexity index is 244. The minimum absolute atomic E-state index is 0.250. The van der Waals surface area contributed by atoms with Crippen LogP contribution in [-0.2, 0) is 4.74 Å². The zero-order valence-corrected chi connectivity index (χ0v) is 11.5. The molecule has 4 nitrogen and oxygen atoms in total. The van der Waals surface area contributed by atoms with Crippen LogP contribution in [-0.4, -0.2) is 37.5 Å². The topological polar surface area (TPSA) is 65.3 Å². The fraction of sp³-hybridized carbons (Fsp3) is 0.923. The van der Waals surface area contributed by atoms with Gasteiger partial charge in [0.05, 0.1) is 17.1 Å². The van der Waals surface area contributed by atoms with Crippen LogP contribution in [0, 0.1) is 16.7 Å². The van der Waals surface area contributed by atoms with Gasteiger partial charge in [-0.3, -0.25) is 0 Å². The molecule has 0 rings (SSSR count). The lowest BCUT2D eigenvalue weighted by atomic mass is 9.90. The highest BCUT2D eigenvalue weighted by molar-refractivity contribution is 4.91. The number of rotatable bonds is 9. The quantitative estimate of drug-likeness (QED) is 0.604. The third-order valence-electron chi connectivity index (χ3n) is 2.81. The molecule has 0 spiro atoms. The van der Waals surface area contributed by atoms with E-state index in [2.05, 4.69) is 11.4 Å². The van der Waals surface area contributed by atoms with Crippen molar-refractivity contribution in [2.24, 2.45) is 5.41 Å². The molecule has 1 unspecified atom stereocenters. The van der Waals surface area contributed by atoms with Crippen LogP contribution in [0.25, 0.3) is 0 Å². The van der Waals surface area contributed by atoms with Gasteiger partial charge >= 0.3 is 0 Å². The van der Waals surface area contributed by atoms with Crippen LogP contribution in [0.4, 0.5) is 0 Å². The van der Waals surface area contributed by atoms with Gasteiger partial charge in [-0.2, -0.15) is 5.26 Å². The van der Waals surface area contributed by atoms with Gasteiger partial charge < -0.3 is 15.2 Å². The van der Waals surface area contributed by atoms with E-state index in [0.717, 1.165) is 19.4 Å². The summed E-state index contributed by atoms with van der Waals surface area (Å²) < 4.78 is 4.94. The molecule has 0 bridgehead atoms. The van der Waals surface area contributed by atoms with E-state index in [1.165, 1.54) is 0 Å². The highest BCUT2D eigenvalue weighted by Crippen LogP contribution is 2.20. The second kappa shape index (κ2) is 7.65. The standard InChI is InChI=1S/C13H26N2O2/c1-12(2,10-14)6-5-8-15-11-13(3,16)7-9-17-4/h15-16H,5-9,11H2,1-4H3. The SMILES string of the molecule is COCCC(C)(O)CNCCCC(C)(C)C#N. The summed E-state index contributed by atoms with van der Waals surface area (Å²) in [5, 5.41) is 22.0. The Balaban J connectivity index is 3.61. The lowest BCUT2D eigenvalue weighted by Gasteiger charge is -2.23. The molecule has 0 amide bonds. The number of nitrogens with zero attached hydrogens (tertiary/aromatic N) is 1. The van der Waals surface area contributed by atoms with Crippen molar-refractivity contribution in [3.05, 3.63) is 0 Å². The summed E-state index contributed by atoms with van der Waals surface area (Å²) in [4.78, 5) is 0. The van der Waals surface area contributed by atoms with Crippen LogP contribution < -0.4 is 5.32 Å². The number of methoxy groups -OCH3 is 1. The number of nitriles is 1. The molecule has 2 N–H and O–H groups in total. The Morgan fingerprint density at radius 2 is 1.94 bits per heavy atom. The van der Waals surface area contributed by atoms with Crippen molar-refractivity contribution in [1.82, 2.24) is 5.32 Å². The molecule has 0 aliphatic carbocycles. The maximum Gasteiger partial charge on any atom is 0.0765 e. The predicted molar refractivity (Wildman–Crippen MR) is 68.6 cm³/mol. The van der Waals surface area contributed by atoms with E-state index in [1.807, 2.05) is 13.8 Å². The normalized spacial score (nSPS) is 15.3. The first-order valence-corrected chi connectivity index (χ1v) is 6.16. The van der Waals surface area contributed by atoms with Crippen molar-refractivity contribution in [1.29, 1.82) is 5.26 Å². The number of nitrogens with one attached hydrogen (secondary N) is 1. The highest BCUT2D eigenvalue weighted by Gasteiger charge is 2.19. The number of aliphatic hydroxyl groups is 1. The monoisotopic (exact) mass is 242 g/mol. The first kappa shape index (κ1) is 16.4. The molecular formula is C13H26N2O2. The van der Waals surface area contributed by atoms with Crippen molar-refractivity contribution in [2.45, 2.75) is 45.6 Å². The average molecular weight is 242 g/mol. The first-order valence-electron chi connectivity index (χ1n) is 6.16. The maximum atomic E-state index is 9.96. The molecule has 0 saturated heterocycles. The van der Waals surface area contributed by atoms with E-state index in [4.69, 9.17) is 10.00 Å². The van der Waals surface area contributed by atoms with Crippen molar-refractivity contribution in [3.63, 3.8) is 0 Å². The lowest BCUT2D eigenvalue weighted by molar-refractivity contribution is 0.0250. The summed E-state index contributed by atoms with van der Waals surface area (Å²) in [6, 6.07) is 2.28. The van der Waals surface area contributed by atoms with Crippen molar-refractivity contribution in [3.8, 4) is 6.07 Å². The van der Waals surface area contributed by atoms with Crippen LogP contribution in [0.5, 0.6) is 0 Å². The van der Waals surface area contributed by atoms with E-state index < -0.39 is 5.60 Å². The van der Waals surface area contributed by atoms with Crippen LogP contribution in [0.2, 0.25) is 0 Å². The van der Waals surface area contributed by atoms with E-state index in [-0.39, 0.29) is 5.41 Å². The van der Waals surface area contributed by atoms with Gasteiger partial charge in [-0.25, -0.2) is 0 Å².